The summed E-state index contributed by atoms with van der Waals surface area (Å²) in [6.45, 7) is 9.97. The largest absolute Gasteiger partial charge is 0.355 e. The van der Waals surface area contributed by atoms with E-state index in [0.29, 0.717) is 56.0 Å². The Kier molecular flexibility index (Phi) is 7.29. The second-order valence-corrected chi connectivity index (χ2v) is 9.61. The van der Waals surface area contributed by atoms with Crippen molar-refractivity contribution in [1.82, 2.24) is 19.7 Å². The fourth-order valence-corrected chi connectivity index (χ4v) is 4.87. The lowest BCUT2D eigenvalue weighted by Gasteiger charge is -2.13. The number of thioether (sulfide) groups is 1. The van der Waals surface area contributed by atoms with Crippen molar-refractivity contribution in [3.63, 3.8) is 0 Å². The van der Waals surface area contributed by atoms with Gasteiger partial charge in [-0.1, -0.05) is 48.8 Å². The molecule has 0 spiro atoms. The Hall–Kier alpha value is -2.09. The van der Waals surface area contributed by atoms with Gasteiger partial charge >= 0.3 is 0 Å². The molecule has 0 saturated heterocycles. The summed E-state index contributed by atoms with van der Waals surface area (Å²) in [5.74, 6) is 0.990. The SMILES string of the molecule is CC(=O)c1c(C)[nH]c(C(=O)CSc2nnc(-c3ccc(Cl)cc3Cl)n2CC(C)C)c1C. The normalized spacial score (nSPS) is 11.4. The van der Waals surface area contributed by atoms with E-state index in [9.17, 15) is 9.59 Å². The van der Waals surface area contributed by atoms with E-state index < -0.39 is 0 Å². The standard InChI is InChI=1S/C22H24Cl2N4O2S/c1-11(2)9-28-21(16-7-6-15(23)8-17(16)24)26-27-22(28)31-10-18(30)20-12(3)19(14(5)29)13(4)25-20/h6-8,11,25H,9-10H2,1-5H3. The number of aryl methyl sites for hydroxylation is 1. The van der Waals surface area contributed by atoms with Crippen LogP contribution in [0.4, 0.5) is 0 Å². The first-order valence-corrected chi connectivity index (χ1v) is 11.6. The van der Waals surface area contributed by atoms with Crippen LogP contribution in [0.1, 0.15) is 52.9 Å². The zero-order valence-corrected chi connectivity index (χ0v) is 20.4. The summed E-state index contributed by atoms with van der Waals surface area (Å²) in [6.07, 6.45) is 0. The minimum Gasteiger partial charge on any atom is -0.355 e. The molecule has 31 heavy (non-hydrogen) atoms. The van der Waals surface area contributed by atoms with Gasteiger partial charge in [0.2, 0.25) is 0 Å². The second-order valence-electron chi connectivity index (χ2n) is 7.83. The van der Waals surface area contributed by atoms with Crippen molar-refractivity contribution in [2.24, 2.45) is 5.92 Å². The van der Waals surface area contributed by atoms with Crippen LogP contribution in [0, 0.1) is 19.8 Å². The quantitative estimate of drug-likeness (QED) is 0.315. The summed E-state index contributed by atoms with van der Waals surface area (Å²) in [4.78, 5) is 27.8. The minimum absolute atomic E-state index is 0.0564. The van der Waals surface area contributed by atoms with E-state index in [1.165, 1.54) is 18.7 Å². The molecule has 2 heterocycles. The number of hydrogen-bond acceptors (Lipinski definition) is 5. The second kappa shape index (κ2) is 9.59. The topological polar surface area (TPSA) is 80.6 Å². The minimum atomic E-state index is -0.0942. The fourth-order valence-electron chi connectivity index (χ4n) is 3.55. The summed E-state index contributed by atoms with van der Waals surface area (Å²) in [7, 11) is 0. The molecule has 6 nitrogen and oxygen atoms in total. The number of benzene rings is 1. The molecule has 0 saturated carbocycles. The van der Waals surface area contributed by atoms with Crippen LogP contribution < -0.4 is 0 Å². The van der Waals surface area contributed by atoms with Gasteiger partial charge in [-0.3, -0.25) is 9.59 Å². The molecular weight excluding hydrogens is 455 g/mol. The smallest absolute Gasteiger partial charge is 0.191 e. The van der Waals surface area contributed by atoms with Crippen molar-refractivity contribution in [3.05, 3.63) is 50.8 Å². The van der Waals surface area contributed by atoms with E-state index in [-0.39, 0.29) is 17.3 Å². The molecule has 2 aromatic heterocycles. The number of aromatic nitrogens is 4. The number of carbonyl (C=O) groups is 2. The van der Waals surface area contributed by atoms with Gasteiger partial charge in [-0.25, -0.2) is 0 Å². The van der Waals surface area contributed by atoms with Crippen LogP contribution in [0.15, 0.2) is 23.4 Å². The van der Waals surface area contributed by atoms with E-state index in [0.717, 1.165) is 5.56 Å². The van der Waals surface area contributed by atoms with Crippen molar-refractivity contribution in [3.8, 4) is 11.4 Å². The Morgan fingerprint density at radius 3 is 2.48 bits per heavy atom. The monoisotopic (exact) mass is 478 g/mol. The maximum absolute atomic E-state index is 12.9. The predicted octanol–water partition coefficient (Wildman–Crippen LogP) is 6.03. The van der Waals surface area contributed by atoms with E-state index in [1.807, 2.05) is 10.6 Å². The van der Waals surface area contributed by atoms with Gasteiger partial charge in [-0.15, -0.1) is 10.2 Å². The number of rotatable bonds is 8. The molecule has 0 aliphatic rings. The number of nitrogens with one attached hydrogen (secondary N) is 1. The predicted molar refractivity (Wildman–Crippen MR) is 126 cm³/mol. The number of nitrogens with zero attached hydrogens (tertiary/aromatic N) is 3. The molecule has 0 atom stereocenters. The Morgan fingerprint density at radius 1 is 1.19 bits per heavy atom. The summed E-state index contributed by atoms with van der Waals surface area (Å²) in [5.41, 5.74) is 3.18. The zero-order chi connectivity index (χ0) is 22.9. The number of ketones is 2. The number of carbonyl (C=O) groups excluding carboxylic acids is 2. The van der Waals surface area contributed by atoms with Gasteiger partial charge in [0.1, 0.15) is 0 Å². The maximum Gasteiger partial charge on any atom is 0.191 e. The average molecular weight is 479 g/mol. The average Bonchev–Trinajstić information content (AvgIpc) is 3.19. The van der Waals surface area contributed by atoms with Crippen molar-refractivity contribution >= 4 is 46.5 Å². The Balaban J connectivity index is 1.88. The highest BCUT2D eigenvalue weighted by Gasteiger charge is 2.22. The molecule has 1 aromatic carbocycles. The summed E-state index contributed by atoms with van der Waals surface area (Å²) in [5, 5.41) is 10.3. The lowest BCUT2D eigenvalue weighted by atomic mass is 10.1. The van der Waals surface area contributed by atoms with Gasteiger partial charge in [0.05, 0.1) is 16.5 Å². The van der Waals surface area contributed by atoms with Crippen molar-refractivity contribution < 1.29 is 9.59 Å². The number of H-pyrrole nitrogens is 1. The first-order valence-electron chi connectivity index (χ1n) is 9.84. The summed E-state index contributed by atoms with van der Waals surface area (Å²) >= 11 is 13.7. The molecule has 0 bridgehead atoms. The highest BCUT2D eigenvalue weighted by molar-refractivity contribution is 7.99. The lowest BCUT2D eigenvalue weighted by Crippen LogP contribution is -2.10. The first-order chi connectivity index (χ1) is 14.6. The highest BCUT2D eigenvalue weighted by Crippen LogP contribution is 2.32. The Labute approximate surface area is 195 Å². The van der Waals surface area contributed by atoms with Crippen molar-refractivity contribution in [2.75, 3.05) is 5.75 Å². The molecule has 0 aliphatic heterocycles. The van der Waals surface area contributed by atoms with Gasteiger partial charge in [0.25, 0.3) is 0 Å². The van der Waals surface area contributed by atoms with Crippen LogP contribution >= 0.6 is 35.0 Å². The molecule has 0 amide bonds. The van der Waals surface area contributed by atoms with Crippen molar-refractivity contribution in [2.45, 2.75) is 46.3 Å². The molecule has 0 aliphatic carbocycles. The van der Waals surface area contributed by atoms with E-state index >= 15 is 0 Å². The number of halogens is 2. The molecule has 3 aromatic rings. The molecular formula is C22H24Cl2N4O2S. The molecule has 0 radical (unpaired) electrons. The fraction of sp³-hybridized carbons (Fsp3) is 0.364. The maximum atomic E-state index is 12.9. The molecule has 3 rings (SSSR count). The third-order valence-electron chi connectivity index (χ3n) is 4.84. The molecule has 164 valence electrons. The summed E-state index contributed by atoms with van der Waals surface area (Å²) in [6, 6.07) is 5.25. The summed E-state index contributed by atoms with van der Waals surface area (Å²) < 4.78 is 1.98. The Morgan fingerprint density at radius 2 is 1.90 bits per heavy atom. The molecule has 0 unspecified atom stereocenters. The van der Waals surface area contributed by atoms with Crippen LogP contribution in [0.3, 0.4) is 0 Å². The van der Waals surface area contributed by atoms with Crippen LogP contribution in [-0.2, 0) is 6.54 Å². The third-order valence-corrected chi connectivity index (χ3v) is 6.35. The van der Waals surface area contributed by atoms with E-state index in [4.69, 9.17) is 23.2 Å². The number of aromatic amines is 1. The lowest BCUT2D eigenvalue weighted by molar-refractivity contribution is 0.101. The van der Waals surface area contributed by atoms with E-state index in [2.05, 4.69) is 29.0 Å². The van der Waals surface area contributed by atoms with Crippen LogP contribution in [0.25, 0.3) is 11.4 Å². The van der Waals surface area contributed by atoms with E-state index in [1.54, 1.807) is 26.0 Å². The zero-order valence-electron chi connectivity index (χ0n) is 18.0. The first kappa shape index (κ1) is 23.6. The van der Waals surface area contributed by atoms with Crippen LogP contribution in [0.5, 0.6) is 0 Å². The van der Waals surface area contributed by atoms with Crippen LogP contribution in [0.2, 0.25) is 10.0 Å². The van der Waals surface area contributed by atoms with Gasteiger partial charge in [-0.05, 0) is 50.5 Å². The van der Waals surface area contributed by atoms with Gasteiger partial charge in [0.15, 0.2) is 22.5 Å². The molecule has 9 heteroatoms. The molecule has 0 fully saturated rings. The Bertz CT molecular complexity index is 1150. The number of Topliss-reactive ketones (excluding diaryl/α,β-unsaturated/α-hetero) is 2. The highest BCUT2D eigenvalue weighted by atomic mass is 35.5. The van der Waals surface area contributed by atoms with Gasteiger partial charge < -0.3 is 9.55 Å². The number of hydrogen-bond donors (Lipinski definition) is 1. The van der Waals surface area contributed by atoms with Gasteiger partial charge in [-0.2, -0.15) is 0 Å². The third kappa shape index (κ3) is 5.05. The van der Waals surface area contributed by atoms with Crippen LogP contribution in [-0.4, -0.2) is 37.1 Å². The van der Waals surface area contributed by atoms with Gasteiger partial charge in [0, 0.05) is 28.4 Å². The van der Waals surface area contributed by atoms with Crippen molar-refractivity contribution in [1.29, 1.82) is 0 Å². The molecule has 1 N–H and O–H groups in total.